The highest BCUT2D eigenvalue weighted by molar-refractivity contribution is 7.47. The number of allylic oxidation sites excluding steroid dienone is 14. The Balaban J connectivity index is 4.15. The van der Waals surface area contributed by atoms with Gasteiger partial charge in [0.05, 0.1) is 27.7 Å². The van der Waals surface area contributed by atoms with Crippen molar-refractivity contribution in [2.24, 2.45) is 0 Å². The minimum absolute atomic E-state index is 0.0255. The van der Waals surface area contributed by atoms with E-state index >= 15 is 0 Å². The molecule has 0 radical (unpaired) electrons. The number of hydrogen-bond acceptors (Lipinski definition) is 7. The summed E-state index contributed by atoms with van der Waals surface area (Å²) in [5.74, 6) is -0.829. The van der Waals surface area contributed by atoms with Gasteiger partial charge in [0, 0.05) is 12.8 Å². The lowest BCUT2D eigenvalue weighted by Crippen LogP contribution is -2.37. The summed E-state index contributed by atoms with van der Waals surface area (Å²) in [5.41, 5.74) is 0. The third kappa shape index (κ3) is 44.6. The van der Waals surface area contributed by atoms with E-state index in [-0.39, 0.29) is 32.0 Å². The molecule has 9 nitrogen and oxygen atoms in total. The molecule has 0 saturated carbocycles. The molecular formula is C49H85NO8P+. The maximum Gasteiger partial charge on any atom is 0.472 e. The number of unbranched alkanes of at least 4 members (excludes halogenated alkanes) is 12. The highest BCUT2D eigenvalue weighted by Gasteiger charge is 2.27. The van der Waals surface area contributed by atoms with Gasteiger partial charge in [-0.3, -0.25) is 18.6 Å². The van der Waals surface area contributed by atoms with E-state index in [0.29, 0.717) is 17.4 Å². The summed E-state index contributed by atoms with van der Waals surface area (Å²) in [4.78, 5) is 35.1. The van der Waals surface area contributed by atoms with Gasteiger partial charge in [-0.25, -0.2) is 4.57 Å². The van der Waals surface area contributed by atoms with Crippen molar-refractivity contribution in [3.8, 4) is 0 Å². The Kier molecular flexibility index (Phi) is 38.7. The summed E-state index contributed by atoms with van der Waals surface area (Å²) in [5, 5.41) is 0. The van der Waals surface area contributed by atoms with Crippen LogP contribution in [0.1, 0.15) is 162 Å². The van der Waals surface area contributed by atoms with Crippen molar-refractivity contribution in [3.05, 3.63) is 85.1 Å². The van der Waals surface area contributed by atoms with E-state index < -0.39 is 26.5 Å². The predicted molar refractivity (Wildman–Crippen MR) is 247 cm³/mol. The molecule has 2 unspecified atom stereocenters. The lowest BCUT2D eigenvalue weighted by molar-refractivity contribution is -0.870. The molecule has 0 aliphatic rings. The van der Waals surface area contributed by atoms with Crippen LogP contribution < -0.4 is 0 Å². The summed E-state index contributed by atoms with van der Waals surface area (Å²) < 4.78 is 34.1. The number of quaternary nitrogens is 1. The van der Waals surface area contributed by atoms with Crippen LogP contribution in [0.2, 0.25) is 0 Å². The molecule has 59 heavy (non-hydrogen) atoms. The van der Waals surface area contributed by atoms with E-state index in [4.69, 9.17) is 18.5 Å². The fraction of sp³-hybridized carbons (Fsp3) is 0.673. The van der Waals surface area contributed by atoms with Crippen molar-refractivity contribution in [1.82, 2.24) is 0 Å². The molecule has 0 rings (SSSR count). The van der Waals surface area contributed by atoms with E-state index in [9.17, 15) is 19.0 Å². The number of hydrogen-bond donors (Lipinski definition) is 1. The van der Waals surface area contributed by atoms with Crippen molar-refractivity contribution in [3.63, 3.8) is 0 Å². The maximum atomic E-state index is 12.7. The number of carbonyl (C=O) groups is 2. The number of esters is 2. The third-order valence-corrected chi connectivity index (χ3v) is 10.2. The summed E-state index contributed by atoms with van der Waals surface area (Å²) in [6.45, 7) is 4.20. The number of ether oxygens (including phenoxy) is 2. The average Bonchev–Trinajstić information content (AvgIpc) is 3.19. The molecule has 2 atom stereocenters. The second-order valence-corrected chi connectivity index (χ2v) is 17.5. The average molecular weight is 847 g/mol. The highest BCUT2D eigenvalue weighted by atomic mass is 31.2. The number of rotatable bonds is 40. The van der Waals surface area contributed by atoms with Gasteiger partial charge < -0.3 is 18.9 Å². The third-order valence-electron chi connectivity index (χ3n) is 9.19. The summed E-state index contributed by atoms with van der Waals surface area (Å²) in [7, 11) is 1.45. The largest absolute Gasteiger partial charge is 0.472 e. The molecule has 0 fully saturated rings. The van der Waals surface area contributed by atoms with Gasteiger partial charge in [0.1, 0.15) is 19.8 Å². The van der Waals surface area contributed by atoms with Gasteiger partial charge in [0.2, 0.25) is 0 Å². The molecule has 0 amide bonds. The second-order valence-electron chi connectivity index (χ2n) is 16.1. The van der Waals surface area contributed by atoms with Gasteiger partial charge in [-0.1, -0.05) is 163 Å². The highest BCUT2D eigenvalue weighted by Crippen LogP contribution is 2.43. The van der Waals surface area contributed by atoms with E-state index in [1.165, 1.54) is 25.7 Å². The van der Waals surface area contributed by atoms with Crippen molar-refractivity contribution >= 4 is 19.8 Å². The molecular weight excluding hydrogens is 762 g/mol. The van der Waals surface area contributed by atoms with Gasteiger partial charge in [0.25, 0.3) is 0 Å². The zero-order valence-electron chi connectivity index (χ0n) is 38.0. The van der Waals surface area contributed by atoms with E-state index in [1.54, 1.807) is 0 Å². The molecule has 0 bridgehead atoms. The first-order chi connectivity index (χ1) is 28.5. The van der Waals surface area contributed by atoms with Gasteiger partial charge >= 0.3 is 19.8 Å². The zero-order chi connectivity index (χ0) is 43.6. The Labute approximate surface area is 361 Å². The van der Waals surface area contributed by atoms with E-state index in [1.807, 2.05) is 21.1 Å². The van der Waals surface area contributed by atoms with E-state index in [0.717, 1.165) is 103 Å². The van der Waals surface area contributed by atoms with Crippen molar-refractivity contribution in [2.75, 3.05) is 47.5 Å². The molecule has 0 spiro atoms. The number of phosphoric ester groups is 1. The molecule has 338 valence electrons. The fourth-order valence-corrected chi connectivity index (χ4v) is 6.38. The number of nitrogens with zero attached hydrogens (tertiary/aromatic N) is 1. The predicted octanol–water partition coefficient (Wildman–Crippen LogP) is 13.2. The Bertz CT molecular complexity index is 1280. The van der Waals surface area contributed by atoms with Crippen LogP contribution >= 0.6 is 7.82 Å². The topological polar surface area (TPSA) is 108 Å². The van der Waals surface area contributed by atoms with Crippen LogP contribution in [0.5, 0.6) is 0 Å². The van der Waals surface area contributed by atoms with Crippen molar-refractivity contribution < 1.29 is 42.1 Å². The molecule has 10 heteroatoms. The number of carbonyl (C=O) groups excluding carboxylic acids is 2. The summed E-state index contributed by atoms with van der Waals surface area (Å²) in [6, 6.07) is 0. The SMILES string of the molecule is CC/C=C\C/C=C\C/C=C\C/C=C\C/C=C\C/C=C\C/C=C\CCCCCCCCCC(=O)OC(COC(=O)CCCCCCCC)COP(=O)(O)OCC[N+](C)(C)C. The Morgan fingerprint density at radius 3 is 1.44 bits per heavy atom. The van der Waals surface area contributed by atoms with Crippen LogP contribution in [0.4, 0.5) is 0 Å². The molecule has 0 aliphatic heterocycles. The Morgan fingerprint density at radius 2 is 0.966 bits per heavy atom. The van der Waals surface area contributed by atoms with Gasteiger partial charge in [0.15, 0.2) is 6.10 Å². The first-order valence-electron chi connectivity index (χ1n) is 22.8. The monoisotopic (exact) mass is 847 g/mol. The quantitative estimate of drug-likeness (QED) is 0.0214. The second kappa shape index (κ2) is 40.6. The normalized spacial score (nSPS) is 14.3. The lowest BCUT2D eigenvalue weighted by Gasteiger charge is -2.24. The standard InChI is InChI=1S/C49H84NO8P/c1-6-8-10-12-14-15-16-17-18-19-20-21-22-23-24-25-26-27-28-29-30-31-32-33-34-35-36-38-40-42-49(52)58-47(45-55-48(51)41-39-37-13-11-9-7-2)46-57-59(53,54)56-44-43-50(3,4)5/h8,10,14-15,17-18,20-21,23-24,26-27,29-30,47H,6-7,9,11-13,16,19,22,25,28,31-46H2,1-5H3/p+1/b10-8-,15-14-,18-17-,21-20-,24-23-,27-26-,30-29-. The molecule has 0 saturated heterocycles. The van der Waals surface area contributed by atoms with Crippen LogP contribution in [0.25, 0.3) is 0 Å². The molecule has 0 heterocycles. The first kappa shape index (κ1) is 56.2. The van der Waals surface area contributed by atoms with Gasteiger partial charge in [-0.15, -0.1) is 0 Å². The Hall–Kier alpha value is -2.81. The number of likely N-dealkylation sites (N-methyl/N-ethyl adjacent to an activating group) is 1. The minimum atomic E-state index is -4.37. The molecule has 0 aliphatic carbocycles. The van der Waals surface area contributed by atoms with Gasteiger partial charge in [-0.05, 0) is 70.6 Å². The van der Waals surface area contributed by atoms with Gasteiger partial charge in [-0.2, -0.15) is 0 Å². The maximum absolute atomic E-state index is 12.7. The Morgan fingerprint density at radius 1 is 0.542 bits per heavy atom. The fourth-order valence-electron chi connectivity index (χ4n) is 5.64. The van der Waals surface area contributed by atoms with Crippen LogP contribution in [0, 0.1) is 0 Å². The molecule has 0 aromatic carbocycles. The van der Waals surface area contributed by atoms with Crippen molar-refractivity contribution in [1.29, 1.82) is 0 Å². The molecule has 0 aromatic heterocycles. The van der Waals surface area contributed by atoms with Crippen LogP contribution in [-0.4, -0.2) is 74.9 Å². The zero-order valence-corrected chi connectivity index (χ0v) is 38.8. The van der Waals surface area contributed by atoms with Crippen LogP contribution in [0.15, 0.2) is 85.1 Å². The van der Waals surface area contributed by atoms with Crippen LogP contribution in [-0.2, 0) is 32.7 Å². The lowest BCUT2D eigenvalue weighted by atomic mass is 10.1. The number of phosphoric acid groups is 1. The van der Waals surface area contributed by atoms with E-state index in [2.05, 4.69) is 98.9 Å². The summed E-state index contributed by atoms with van der Waals surface area (Å²) >= 11 is 0. The first-order valence-corrected chi connectivity index (χ1v) is 24.3. The van der Waals surface area contributed by atoms with Crippen LogP contribution in [0.3, 0.4) is 0 Å². The molecule has 1 N–H and O–H groups in total. The smallest absolute Gasteiger partial charge is 0.462 e. The molecule has 0 aromatic rings. The minimum Gasteiger partial charge on any atom is -0.462 e. The van der Waals surface area contributed by atoms with Crippen molar-refractivity contribution in [2.45, 2.75) is 168 Å². The summed E-state index contributed by atoms with van der Waals surface area (Å²) in [6.07, 6.45) is 52.4.